The number of hydrogen-bond donors (Lipinski definition) is 1. The first-order chi connectivity index (χ1) is 6.96. The highest BCUT2D eigenvalue weighted by Gasteiger charge is 2.32. The summed E-state index contributed by atoms with van der Waals surface area (Å²) in [7, 11) is 0. The zero-order chi connectivity index (χ0) is 11.1. The van der Waals surface area contributed by atoms with Crippen LogP contribution in [0.4, 0.5) is 5.82 Å². The molecule has 0 radical (unpaired) electrons. The van der Waals surface area contributed by atoms with Gasteiger partial charge in [0.05, 0.1) is 5.60 Å². The lowest BCUT2D eigenvalue weighted by atomic mass is 10.1. The first-order valence-corrected chi connectivity index (χ1v) is 5.33. The average Bonchev–Trinajstić information content (AvgIpc) is 2.44. The molecule has 0 saturated carbocycles. The van der Waals surface area contributed by atoms with Crippen LogP contribution in [-0.2, 0) is 0 Å². The van der Waals surface area contributed by atoms with Gasteiger partial charge >= 0.3 is 0 Å². The second kappa shape index (κ2) is 3.61. The highest BCUT2D eigenvalue weighted by atomic mass is 35.5. The highest BCUT2D eigenvalue weighted by Crippen LogP contribution is 2.25. The minimum absolute atomic E-state index is 0.261. The molecule has 0 spiro atoms. The lowest BCUT2D eigenvalue weighted by Crippen LogP contribution is -2.30. The molecule has 0 aliphatic carbocycles. The van der Waals surface area contributed by atoms with Crippen LogP contribution in [0.5, 0.6) is 0 Å². The predicted octanol–water partition coefficient (Wildman–Crippen LogP) is 1.40. The van der Waals surface area contributed by atoms with Crippen molar-refractivity contribution in [1.29, 1.82) is 0 Å². The molecule has 2 heterocycles. The highest BCUT2D eigenvalue weighted by molar-refractivity contribution is 6.28. The van der Waals surface area contributed by atoms with Crippen LogP contribution in [0.15, 0.2) is 6.07 Å². The van der Waals surface area contributed by atoms with Gasteiger partial charge in [-0.2, -0.15) is 0 Å². The van der Waals surface area contributed by atoms with Gasteiger partial charge in [0.25, 0.3) is 0 Å². The zero-order valence-electron chi connectivity index (χ0n) is 8.87. The summed E-state index contributed by atoms with van der Waals surface area (Å²) < 4.78 is 0. The Morgan fingerprint density at radius 1 is 1.53 bits per heavy atom. The third kappa shape index (κ3) is 2.38. The average molecular weight is 228 g/mol. The molecule has 0 bridgehead atoms. The Hall–Kier alpha value is -0.870. The summed E-state index contributed by atoms with van der Waals surface area (Å²) in [6, 6.07) is 1.88. The number of rotatable bonds is 1. The molecule has 1 aromatic rings. The fraction of sp³-hybridized carbons (Fsp3) is 0.600. The van der Waals surface area contributed by atoms with Crippen LogP contribution in [0.25, 0.3) is 0 Å². The van der Waals surface area contributed by atoms with Crippen LogP contribution < -0.4 is 4.90 Å². The Morgan fingerprint density at radius 3 is 2.80 bits per heavy atom. The van der Waals surface area contributed by atoms with Crippen LogP contribution in [0, 0.1) is 6.92 Å². The van der Waals surface area contributed by atoms with Crippen molar-refractivity contribution in [3.05, 3.63) is 17.0 Å². The molecule has 2 rings (SSSR count). The van der Waals surface area contributed by atoms with Gasteiger partial charge in [-0.25, -0.2) is 9.97 Å². The van der Waals surface area contributed by atoms with E-state index in [1.165, 1.54) is 0 Å². The van der Waals surface area contributed by atoms with Gasteiger partial charge in [-0.1, -0.05) is 0 Å². The number of aliphatic hydroxyl groups is 1. The van der Waals surface area contributed by atoms with Gasteiger partial charge in [0.2, 0.25) is 5.28 Å². The molecule has 1 N–H and O–H groups in total. The Morgan fingerprint density at radius 2 is 2.27 bits per heavy atom. The van der Waals surface area contributed by atoms with Gasteiger partial charge < -0.3 is 10.0 Å². The van der Waals surface area contributed by atoms with Crippen molar-refractivity contribution in [3.63, 3.8) is 0 Å². The van der Waals surface area contributed by atoms with Gasteiger partial charge in [-0.05, 0) is 31.9 Å². The van der Waals surface area contributed by atoms with Crippen molar-refractivity contribution in [1.82, 2.24) is 9.97 Å². The standard InChI is InChI=1S/C10H14ClN3O/c1-7-5-8(13-9(11)12-7)14-4-3-10(2,15)6-14/h5,15H,3-4,6H2,1-2H3. The summed E-state index contributed by atoms with van der Waals surface area (Å²) in [5.41, 5.74) is 0.224. The van der Waals surface area contributed by atoms with Crippen molar-refractivity contribution in [3.8, 4) is 0 Å². The minimum Gasteiger partial charge on any atom is -0.388 e. The molecule has 1 aliphatic rings. The maximum atomic E-state index is 9.85. The second-order valence-corrected chi connectivity index (χ2v) is 4.64. The number of aryl methyl sites for hydroxylation is 1. The van der Waals surface area contributed by atoms with E-state index < -0.39 is 5.60 Å². The largest absolute Gasteiger partial charge is 0.388 e. The number of anilines is 1. The summed E-state index contributed by atoms with van der Waals surface area (Å²) in [4.78, 5) is 10.2. The number of aromatic nitrogens is 2. The third-order valence-corrected chi connectivity index (χ3v) is 2.76. The Balaban J connectivity index is 2.24. The smallest absolute Gasteiger partial charge is 0.224 e. The molecule has 0 aromatic carbocycles. The van der Waals surface area contributed by atoms with E-state index in [0.717, 1.165) is 24.5 Å². The molecule has 5 heteroatoms. The molecule has 82 valence electrons. The quantitative estimate of drug-likeness (QED) is 0.737. The number of β-amino-alcohol motifs (C(OH)–C–C–N with tert-alkyl or cyclic N) is 1. The lowest BCUT2D eigenvalue weighted by Gasteiger charge is -2.19. The second-order valence-electron chi connectivity index (χ2n) is 4.31. The van der Waals surface area contributed by atoms with Crippen molar-refractivity contribution in [2.24, 2.45) is 0 Å². The minimum atomic E-state index is -0.620. The first kappa shape index (κ1) is 10.6. The lowest BCUT2D eigenvalue weighted by molar-refractivity contribution is 0.0839. The van der Waals surface area contributed by atoms with E-state index in [9.17, 15) is 5.11 Å². The Bertz CT molecular complexity index is 361. The van der Waals surface area contributed by atoms with Crippen molar-refractivity contribution in [2.45, 2.75) is 25.9 Å². The van der Waals surface area contributed by atoms with Crippen molar-refractivity contribution < 1.29 is 5.11 Å². The van der Waals surface area contributed by atoms with Gasteiger partial charge in [-0.15, -0.1) is 0 Å². The molecular formula is C10H14ClN3O. The van der Waals surface area contributed by atoms with E-state index >= 15 is 0 Å². The summed E-state index contributed by atoms with van der Waals surface area (Å²) in [6.07, 6.45) is 0.758. The SMILES string of the molecule is Cc1cc(N2CCC(C)(O)C2)nc(Cl)n1. The van der Waals surface area contributed by atoms with Crippen LogP contribution in [0.2, 0.25) is 5.28 Å². The van der Waals surface area contributed by atoms with E-state index in [4.69, 9.17) is 11.6 Å². The molecule has 1 atom stereocenters. The molecule has 1 unspecified atom stereocenters. The fourth-order valence-corrected chi connectivity index (χ4v) is 2.04. The van der Waals surface area contributed by atoms with E-state index in [2.05, 4.69) is 9.97 Å². The maximum Gasteiger partial charge on any atom is 0.224 e. The molecule has 1 fully saturated rings. The molecule has 0 amide bonds. The molecule has 1 aromatic heterocycles. The van der Waals surface area contributed by atoms with Crippen LogP contribution in [0.3, 0.4) is 0 Å². The van der Waals surface area contributed by atoms with E-state index in [1.54, 1.807) is 0 Å². The molecule has 15 heavy (non-hydrogen) atoms. The van der Waals surface area contributed by atoms with Gasteiger partial charge in [0.15, 0.2) is 0 Å². The number of hydrogen-bond acceptors (Lipinski definition) is 4. The molecule has 4 nitrogen and oxygen atoms in total. The maximum absolute atomic E-state index is 9.85. The molecule has 1 saturated heterocycles. The van der Waals surface area contributed by atoms with Gasteiger partial charge in [0, 0.05) is 24.8 Å². The van der Waals surface area contributed by atoms with Crippen LogP contribution >= 0.6 is 11.6 Å². The fourth-order valence-electron chi connectivity index (χ4n) is 1.82. The third-order valence-electron chi connectivity index (χ3n) is 2.59. The monoisotopic (exact) mass is 227 g/mol. The van der Waals surface area contributed by atoms with E-state index in [-0.39, 0.29) is 5.28 Å². The first-order valence-electron chi connectivity index (χ1n) is 4.95. The number of nitrogens with zero attached hydrogens (tertiary/aromatic N) is 3. The van der Waals surface area contributed by atoms with Crippen LogP contribution in [0.1, 0.15) is 19.0 Å². The number of halogens is 1. The predicted molar refractivity (Wildman–Crippen MR) is 59.2 cm³/mol. The van der Waals surface area contributed by atoms with Gasteiger partial charge in [-0.3, -0.25) is 0 Å². The normalized spacial score (nSPS) is 26.0. The van der Waals surface area contributed by atoms with Gasteiger partial charge in [0.1, 0.15) is 5.82 Å². The summed E-state index contributed by atoms with van der Waals surface area (Å²) in [6.45, 7) is 5.12. The van der Waals surface area contributed by atoms with Crippen LogP contribution in [-0.4, -0.2) is 33.8 Å². The Kier molecular flexibility index (Phi) is 2.56. The summed E-state index contributed by atoms with van der Waals surface area (Å²) in [5, 5.41) is 10.1. The van der Waals surface area contributed by atoms with E-state index in [0.29, 0.717) is 6.54 Å². The zero-order valence-corrected chi connectivity index (χ0v) is 9.62. The molecule has 1 aliphatic heterocycles. The summed E-state index contributed by atoms with van der Waals surface area (Å²) in [5.74, 6) is 0.797. The molecular weight excluding hydrogens is 214 g/mol. The van der Waals surface area contributed by atoms with Crippen molar-refractivity contribution >= 4 is 17.4 Å². The van der Waals surface area contributed by atoms with Crippen molar-refractivity contribution in [2.75, 3.05) is 18.0 Å². The topological polar surface area (TPSA) is 49.2 Å². The summed E-state index contributed by atoms with van der Waals surface area (Å²) >= 11 is 5.79. The van der Waals surface area contributed by atoms with E-state index in [1.807, 2.05) is 24.8 Å². The Labute approximate surface area is 93.9 Å².